The summed E-state index contributed by atoms with van der Waals surface area (Å²) in [5, 5.41) is 8.72. The van der Waals surface area contributed by atoms with Crippen LogP contribution < -0.4 is 4.90 Å². The van der Waals surface area contributed by atoms with Crippen LogP contribution in [-0.4, -0.2) is 29.1 Å². The largest absolute Gasteiger partial charge is 0.480 e. The second kappa shape index (κ2) is 5.70. The van der Waals surface area contributed by atoms with Crippen LogP contribution in [0.2, 0.25) is 0 Å². The SMILES string of the molecule is CCCN(CC(=O)O)c1ccnc(C(F)(F)F)c1. The number of carboxylic acid groups (broad SMARTS) is 1. The van der Waals surface area contributed by atoms with E-state index in [1.54, 1.807) is 0 Å². The van der Waals surface area contributed by atoms with E-state index in [0.717, 1.165) is 12.3 Å². The molecule has 1 aromatic rings. The van der Waals surface area contributed by atoms with E-state index < -0.39 is 17.8 Å². The summed E-state index contributed by atoms with van der Waals surface area (Å²) in [6.07, 6.45) is -2.86. The number of hydrogen-bond acceptors (Lipinski definition) is 3. The number of carboxylic acids is 1. The van der Waals surface area contributed by atoms with Gasteiger partial charge in [0.05, 0.1) is 0 Å². The van der Waals surface area contributed by atoms with Gasteiger partial charge in [0.25, 0.3) is 0 Å². The van der Waals surface area contributed by atoms with E-state index in [0.29, 0.717) is 13.0 Å². The van der Waals surface area contributed by atoms with Crippen molar-refractivity contribution in [2.45, 2.75) is 19.5 Å². The lowest BCUT2D eigenvalue weighted by Gasteiger charge is -2.22. The Bertz CT molecular complexity index is 421. The van der Waals surface area contributed by atoms with Gasteiger partial charge in [-0.25, -0.2) is 0 Å². The normalized spacial score (nSPS) is 11.3. The maximum atomic E-state index is 12.5. The molecule has 0 saturated heterocycles. The first kappa shape index (κ1) is 14.3. The molecule has 18 heavy (non-hydrogen) atoms. The Balaban J connectivity index is 3.01. The van der Waals surface area contributed by atoms with Crippen molar-refractivity contribution in [3.8, 4) is 0 Å². The molecule has 0 aliphatic heterocycles. The summed E-state index contributed by atoms with van der Waals surface area (Å²) in [5.41, 5.74) is -0.812. The zero-order chi connectivity index (χ0) is 13.8. The minimum atomic E-state index is -4.53. The van der Waals surface area contributed by atoms with Crippen molar-refractivity contribution in [3.05, 3.63) is 24.0 Å². The average molecular weight is 262 g/mol. The van der Waals surface area contributed by atoms with Crippen LogP contribution in [0.1, 0.15) is 19.0 Å². The molecule has 0 saturated carbocycles. The number of carbonyl (C=O) groups is 1. The highest BCUT2D eigenvalue weighted by atomic mass is 19.4. The lowest BCUT2D eigenvalue weighted by Crippen LogP contribution is -2.30. The van der Waals surface area contributed by atoms with Crippen LogP contribution in [-0.2, 0) is 11.0 Å². The van der Waals surface area contributed by atoms with Gasteiger partial charge >= 0.3 is 12.1 Å². The van der Waals surface area contributed by atoms with Crippen LogP contribution >= 0.6 is 0 Å². The smallest absolute Gasteiger partial charge is 0.433 e. The molecule has 1 rings (SSSR count). The van der Waals surface area contributed by atoms with Crippen LogP contribution in [0.5, 0.6) is 0 Å². The highest BCUT2D eigenvalue weighted by Crippen LogP contribution is 2.29. The minimum absolute atomic E-state index is 0.210. The number of aliphatic carboxylic acids is 1. The van der Waals surface area contributed by atoms with Crippen molar-refractivity contribution < 1.29 is 23.1 Å². The molecule has 0 radical (unpaired) electrons. The number of alkyl halides is 3. The summed E-state index contributed by atoms with van der Waals surface area (Å²) in [5.74, 6) is -1.09. The monoisotopic (exact) mass is 262 g/mol. The molecule has 0 unspecified atom stereocenters. The Morgan fingerprint density at radius 2 is 2.17 bits per heavy atom. The van der Waals surface area contributed by atoms with Crippen LogP contribution in [0, 0.1) is 0 Å². The summed E-state index contributed by atoms with van der Waals surface area (Å²) >= 11 is 0. The average Bonchev–Trinajstić information content (AvgIpc) is 2.27. The fourth-order valence-electron chi connectivity index (χ4n) is 1.50. The van der Waals surface area contributed by atoms with Gasteiger partial charge < -0.3 is 10.0 Å². The van der Waals surface area contributed by atoms with E-state index in [1.807, 2.05) is 6.92 Å². The molecule has 100 valence electrons. The van der Waals surface area contributed by atoms with Gasteiger partial charge in [-0.1, -0.05) is 6.92 Å². The molecule has 0 amide bonds. The topological polar surface area (TPSA) is 53.4 Å². The maximum Gasteiger partial charge on any atom is 0.433 e. The maximum absolute atomic E-state index is 12.5. The van der Waals surface area contributed by atoms with E-state index >= 15 is 0 Å². The summed E-state index contributed by atoms with van der Waals surface area (Å²) in [6, 6.07) is 2.23. The van der Waals surface area contributed by atoms with Gasteiger partial charge in [-0.15, -0.1) is 0 Å². The van der Waals surface area contributed by atoms with Crippen molar-refractivity contribution in [1.29, 1.82) is 0 Å². The highest BCUT2D eigenvalue weighted by molar-refractivity contribution is 5.73. The number of rotatable bonds is 5. The van der Waals surface area contributed by atoms with E-state index in [1.165, 1.54) is 11.0 Å². The summed E-state index contributed by atoms with van der Waals surface area (Å²) in [4.78, 5) is 15.3. The molecule has 0 aromatic carbocycles. The fraction of sp³-hybridized carbons (Fsp3) is 0.455. The number of anilines is 1. The second-order valence-corrected chi connectivity index (χ2v) is 3.71. The molecular weight excluding hydrogens is 249 g/mol. The van der Waals surface area contributed by atoms with Crippen LogP contribution in [0.4, 0.5) is 18.9 Å². The van der Waals surface area contributed by atoms with Gasteiger partial charge in [0.15, 0.2) is 0 Å². The van der Waals surface area contributed by atoms with Gasteiger partial charge in [-0.2, -0.15) is 13.2 Å². The summed E-state index contributed by atoms with van der Waals surface area (Å²) < 4.78 is 37.4. The fourth-order valence-corrected chi connectivity index (χ4v) is 1.50. The standard InChI is InChI=1S/C11H13F3N2O2/c1-2-5-16(7-10(17)18)8-3-4-15-9(6-8)11(12,13)14/h3-4,6H,2,5,7H2,1H3,(H,17,18). The quantitative estimate of drug-likeness (QED) is 0.885. The first-order chi connectivity index (χ1) is 8.34. The van der Waals surface area contributed by atoms with Gasteiger partial charge in [0, 0.05) is 18.4 Å². The molecule has 0 spiro atoms. The zero-order valence-electron chi connectivity index (χ0n) is 9.74. The van der Waals surface area contributed by atoms with Crippen molar-refractivity contribution in [2.24, 2.45) is 0 Å². The lowest BCUT2D eigenvalue weighted by atomic mass is 10.2. The molecule has 0 atom stereocenters. The number of halogens is 3. The van der Waals surface area contributed by atoms with Gasteiger partial charge in [-0.05, 0) is 18.6 Å². The molecule has 1 N–H and O–H groups in total. The Kier molecular flexibility index (Phi) is 4.52. The molecule has 7 heteroatoms. The van der Waals surface area contributed by atoms with Crippen LogP contribution in [0.3, 0.4) is 0 Å². The van der Waals surface area contributed by atoms with Gasteiger partial charge in [0.1, 0.15) is 12.2 Å². The molecule has 4 nitrogen and oxygen atoms in total. The second-order valence-electron chi connectivity index (χ2n) is 3.71. The Hall–Kier alpha value is -1.79. The third-order valence-electron chi connectivity index (χ3n) is 2.22. The van der Waals surface area contributed by atoms with Gasteiger partial charge in [0.2, 0.25) is 0 Å². The zero-order valence-corrected chi connectivity index (χ0v) is 9.74. The Morgan fingerprint density at radius 3 is 2.67 bits per heavy atom. The van der Waals surface area contributed by atoms with Crippen LogP contribution in [0.15, 0.2) is 18.3 Å². The van der Waals surface area contributed by atoms with Crippen molar-refractivity contribution in [2.75, 3.05) is 18.0 Å². The molecule has 0 bridgehead atoms. The van der Waals surface area contributed by atoms with Crippen LogP contribution in [0.25, 0.3) is 0 Å². The molecule has 0 aliphatic rings. The molecular formula is C11H13F3N2O2. The van der Waals surface area contributed by atoms with Crippen molar-refractivity contribution in [3.63, 3.8) is 0 Å². The Labute approximate surface area is 102 Å². The highest BCUT2D eigenvalue weighted by Gasteiger charge is 2.32. The molecule has 1 heterocycles. The first-order valence-electron chi connectivity index (χ1n) is 5.34. The van der Waals surface area contributed by atoms with Gasteiger partial charge in [-0.3, -0.25) is 9.78 Å². The summed E-state index contributed by atoms with van der Waals surface area (Å²) in [6.45, 7) is 1.85. The van der Waals surface area contributed by atoms with E-state index in [2.05, 4.69) is 4.98 Å². The van der Waals surface area contributed by atoms with Crippen molar-refractivity contribution in [1.82, 2.24) is 4.98 Å². The molecule has 0 fully saturated rings. The summed E-state index contributed by atoms with van der Waals surface area (Å²) in [7, 11) is 0. The van der Waals surface area contributed by atoms with E-state index in [-0.39, 0.29) is 12.2 Å². The predicted octanol–water partition coefficient (Wildman–Crippen LogP) is 2.40. The minimum Gasteiger partial charge on any atom is -0.480 e. The number of nitrogens with zero attached hydrogens (tertiary/aromatic N) is 2. The van der Waals surface area contributed by atoms with E-state index in [9.17, 15) is 18.0 Å². The van der Waals surface area contributed by atoms with Crippen molar-refractivity contribution >= 4 is 11.7 Å². The number of aromatic nitrogens is 1. The third-order valence-corrected chi connectivity index (χ3v) is 2.22. The molecule has 0 aliphatic carbocycles. The molecule has 1 aromatic heterocycles. The first-order valence-corrected chi connectivity index (χ1v) is 5.34. The Morgan fingerprint density at radius 1 is 1.50 bits per heavy atom. The predicted molar refractivity (Wildman–Crippen MR) is 59.4 cm³/mol. The number of hydrogen-bond donors (Lipinski definition) is 1. The number of pyridine rings is 1. The van der Waals surface area contributed by atoms with E-state index in [4.69, 9.17) is 5.11 Å². The third kappa shape index (κ3) is 3.90. The lowest BCUT2D eigenvalue weighted by molar-refractivity contribution is -0.141.